The van der Waals surface area contributed by atoms with Crippen LogP contribution < -0.4 is 9.47 Å². The van der Waals surface area contributed by atoms with Crippen LogP contribution in [-0.4, -0.2) is 59.7 Å². The van der Waals surface area contributed by atoms with Crippen LogP contribution in [0.25, 0.3) is 17.1 Å². The van der Waals surface area contributed by atoms with Crippen LogP contribution in [0.2, 0.25) is 0 Å². The molecule has 1 aromatic carbocycles. The van der Waals surface area contributed by atoms with Crippen molar-refractivity contribution >= 4 is 9.84 Å². The second-order valence-electron chi connectivity index (χ2n) is 8.79. The van der Waals surface area contributed by atoms with Crippen molar-refractivity contribution in [3.05, 3.63) is 77.6 Å². The van der Waals surface area contributed by atoms with Gasteiger partial charge in [0.2, 0.25) is 0 Å². The average Bonchev–Trinajstić information content (AvgIpc) is 3.35. The maximum absolute atomic E-state index is 13.8. The number of aryl methyl sites for hydroxylation is 1. The Balaban J connectivity index is 1.83. The molecule has 202 valence electrons. The van der Waals surface area contributed by atoms with Gasteiger partial charge in [0.15, 0.2) is 21.5 Å². The van der Waals surface area contributed by atoms with Gasteiger partial charge < -0.3 is 14.2 Å². The van der Waals surface area contributed by atoms with E-state index in [1.165, 1.54) is 27.5 Å². The van der Waals surface area contributed by atoms with Crippen molar-refractivity contribution in [2.45, 2.75) is 31.0 Å². The number of pyridine rings is 2. The number of rotatable bonds is 10. The second-order valence-corrected chi connectivity index (χ2v) is 11.1. The quantitative estimate of drug-likeness (QED) is 0.288. The van der Waals surface area contributed by atoms with Crippen LogP contribution in [0, 0.1) is 18.3 Å². The molecule has 3 heterocycles. The van der Waals surface area contributed by atoms with Gasteiger partial charge in [-0.2, -0.15) is 5.26 Å². The van der Waals surface area contributed by atoms with Crippen LogP contribution in [0.5, 0.6) is 11.5 Å². The molecule has 0 N–H and O–H groups in total. The summed E-state index contributed by atoms with van der Waals surface area (Å²) in [7, 11) is 0.566. The number of para-hydroxylation sites is 1. The molecule has 4 aromatic rings. The van der Waals surface area contributed by atoms with Gasteiger partial charge in [0.1, 0.15) is 35.1 Å². The molecule has 0 fully saturated rings. The van der Waals surface area contributed by atoms with Crippen LogP contribution >= 0.6 is 0 Å². The second kappa shape index (κ2) is 11.6. The first-order valence-electron chi connectivity index (χ1n) is 11.9. The van der Waals surface area contributed by atoms with Gasteiger partial charge in [-0.3, -0.25) is 14.5 Å². The Bertz CT molecular complexity index is 1590. The third kappa shape index (κ3) is 5.59. The predicted molar refractivity (Wildman–Crippen MR) is 143 cm³/mol. The average molecular weight is 549 g/mol. The molecule has 0 aliphatic carbocycles. The summed E-state index contributed by atoms with van der Waals surface area (Å²) < 4.78 is 46.0. The van der Waals surface area contributed by atoms with Crippen LogP contribution in [0.1, 0.15) is 35.7 Å². The smallest absolute Gasteiger partial charge is 0.170 e. The molecule has 0 spiro atoms. The van der Waals surface area contributed by atoms with Gasteiger partial charge in [0.05, 0.1) is 30.7 Å². The van der Waals surface area contributed by atoms with Crippen molar-refractivity contribution in [1.29, 1.82) is 5.26 Å². The molecule has 0 aliphatic rings. The summed E-state index contributed by atoms with van der Waals surface area (Å²) in [5.41, 5.74) is 2.76. The SMILES string of the molecule is COc1cccc(OC)c1-n1c(CS(=O)(=O)[C@H](C)[C@@H](OC)c2ccc(C#N)cn2)nnc1-c1cncc(C)c1. The monoisotopic (exact) mass is 548 g/mol. The van der Waals surface area contributed by atoms with Gasteiger partial charge in [-0.1, -0.05) is 6.07 Å². The Labute approximate surface area is 227 Å². The van der Waals surface area contributed by atoms with Crippen molar-refractivity contribution in [3.63, 3.8) is 0 Å². The minimum Gasteiger partial charge on any atom is -0.494 e. The Morgan fingerprint density at radius 1 is 1.03 bits per heavy atom. The van der Waals surface area contributed by atoms with E-state index in [2.05, 4.69) is 20.2 Å². The number of hydrogen-bond donors (Lipinski definition) is 0. The maximum atomic E-state index is 13.8. The van der Waals surface area contributed by atoms with Crippen molar-refractivity contribution in [2.24, 2.45) is 0 Å². The van der Waals surface area contributed by atoms with Gasteiger partial charge in [-0.15, -0.1) is 10.2 Å². The molecule has 0 bridgehead atoms. The van der Waals surface area contributed by atoms with Crippen LogP contribution in [-0.2, 0) is 20.3 Å². The maximum Gasteiger partial charge on any atom is 0.170 e. The first kappa shape index (κ1) is 27.7. The van der Waals surface area contributed by atoms with E-state index in [0.717, 1.165) is 5.56 Å². The number of ether oxygens (including phenoxy) is 3. The van der Waals surface area contributed by atoms with E-state index in [4.69, 9.17) is 19.5 Å². The number of aromatic nitrogens is 5. The molecule has 0 aliphatic heterocycles. The molecular formula is C27H28N6O5S. The lowest BCUT2D eigenvalue weighted by atomic mass is 10.1. The first-order valence-corrected chi connectivity index (χ1v) is 13.6. The summed E-state index contributed by atoms with van der Waals surface area (Å²) >= 11 is 0. The highest BCUT2D eigenvalue weighted by atomic mass is 32.2. The van der Waals surface area contributed by atoms with Crippen LogP contribution in [0.4, 0.5) is 0 Å². The molecule has 12 heteroatoms. The lowest BCUT2D eigenvalue weighted by Gasteiger charge is -2.23. The predicted octanol–water partition coefficient (Wildman–Crippen LogP) is 3.61. The zero-order valence-electron chi connectivity index (χ0n) is 22.2. The van der Waals surface area contributed by atoms with Crippen molar-refractivity contribution in [1.82, 2.24) is 24.7 Å². The summed E-state index contributed by atoms with van der Waals surface area (Å²) in [6, 6.07) is 12.3. The normalized spacial score (nSPS) is 12.9. The van der Waals surface area contributed by atoms with Gasteiger partial charge in [0, 0.05) is 31.3 Å². The zero-order chi connectivity index (χ0) is 28.2. The number of nitriles is 1. The minimum atomic E-state index is -3.89. The number of nitrogens with zero attached hydrogens (tertiary/aromatic N) is 6. The van der Waals surface area contributed by atoms with Gasteiger partial charge in [0.25, 0.3) is 0 Å². The fraction of sp³-hybridized carbons (Fsp3) is 0.296. The molecule has 11 nitrogen and oxygen atoms in total. The van der Waals surface area contributed by atoms with E-state index in [1.54, 1.807) is 54.2 Å². The molecule has 0 unspecified atom stereocenters. The topological polar surface area (TPSA) is 142 Å². The van der Waals surface area contributed by atoms with Gasteiger partial charge >= 0.3 is 0 Å². The standard InChI is InChI=1S/C27H28N6O5S/c1-17-11-20(15-29-13-17)27-32-31-24(33(27)25-22(36-3)7-6-8-23(25)37-4)16-39(34,35)18(2)26(38-5)21-10-9-19(12-28)14-30-21/h6-11,13-15,18,26H,16H2,1-5H3/t18-,26-/m1/s1. The molecule has 0 radical (unpaired) electrons. The van der Waals surface area contributed by atoms with Gasteiger partial charge in [-0.25, -0.2) is 8.42 Å². The molecule has 0 amide bonds. The minimum absolute atomic E-state index is 0.156. The first-order chi connectivity index (χ1) is 18.7. The van der Waals surface area contributed by atoms with E-state index < -0.39 is 26.9 Å². The van der Waals surface area contributed by atoms with Crippen molar-refractivity contribution in [3.8, 4) is 34.6 Å². The molecule has 0 saturated heterocycles. The Morgan fingerprint density at radius 3 is 2.31 bits per heavy atom. The highest BCUT2D eigenvalue weighted by molar-refractivity contribution is 7.91. The molecule has 39 heavy (non-hydrogen) atoms. The van der Waals surface area contributed by atoms with Crippen molar-refractivity contribution in [2.75, 3.05) is 21.3 Å². The Kier molecular flexibility index (Phi) is 8.23. The third-order valence-corrected chi connectivity index (χ3v) is 8.31. The lowest BCUT2D eigenvalue weighted by Crippen LogP contribution is -2.29. The third-order valence-electron chi connectivity index (χ3n) is 6.27. The number of hydrogen-bond acceptors (Lipinski definition) is 10. The molecule has 2 atom stereocenters. The largest absolute Gasteiger partial charge is 0.494 e. The van der Waals surface area contributed by atoms with E-state index >= 15 is 0 Å². The Morgan fingerprint density at radius 2 is 1.74 bits per heavy atom. The number of sulfone groups is 1. The summed E-state index contributed by atoms with van der Waals surface area (Å²) in [5, 5.41) is 16.7. The summed E-state index contributed by atoms with van der Waals surface area (Å²) in [6.07, 6.45) is 3.85. The molecule has 3 aromatic heterocycles. The molecule has 0 saturated carbocycles. The van der Waals surface area contributed by atoms with Crippen LogP contribution in [0.3, 0.4) is 0 Å². The van der Waals surface area contributed by atoms with E-state index in [0.29, 0.717) is 39.8 Å². The summed E-state index contributed by atoms with van der Waals surface area (Å²) in [4.78, 5) is 8.51. The summed E-state index contributed by atoms with van der Waals surface area (Å²) in [5.74, 6) is 0.962. The van der Waals surface area contributed by atoms with Crippen molar-refractivity contribution < 1.29 is 22.6 Å². The number of benzene rings is 1. The number of methoxy groups -OCH3 is 3. The molecular weight excluding hydrogens is 520 g/mol. The van der Waals surface area contributed by atoms with E-state index in [9.17, 15) is 8.42 Å². The Hall–Kier alpha value is -4.34. The fourth-order valence-electron chi connectivity index (χ4n) is 4.25. The highest BCUT2D eigenvalue weighted by Gasteiger charge is 2.34. The van der Waals surface area contributed by atoms with E-state index in [-0.39, 0.29) is 5.82 Å². The summed E-state index contributed by atoms with van der Waals surface area (Å²) in [6.45, 7) is 3.45. The molecule has 4 rings (SSSR count). The van der Waals surface area contributed by atoms with E-state index in [1.807, 2.05) is 19.1 Å². The van der Waals surface area contributed by atoms with Crippen LogP contribution in [0.15, 0.2) is 55.0 Å². The fourth-order valence-corrected chi connectivity index (χ4v) is 5.69. The van der Waals surface area contributed by atoms with Gasteiger partial charge in [-0.05, 0) is 49.7 Å². The lowest BCUT2D eigenvalue weighted by molar-refractivity contribution is 0.0987. The zero-order valence-corrected chi connectivity index (χ0v) is 23.0. The highest BCUT2D eigenvalue weighted by Crippen LogP contribution is 2.37.